The van der Waals surface area contributed by atoms with Crippen LogP contribution >= 0.6 is 0 Å². The molecule has 86 valence electrons. The van der Waals surface area contributed by atoms with E-state index in [9.17, 15) is 4.79 Å². The Morgan fingerprint density at radius 3 is 3.06 bits per heavy atom. The van der Waals surface area contributed by atoms with Crippen LogP contribution in [0.3, 0.4) is 0 Å². The summed E-state index contributed by atoms with van der Waals surface area (Å²) >= 11 is 0. The molecular weight excluding hydrogens is 200 g/mol. The Morgan fingerprint density at radius 2 is 2.25 bits per heavy atom. The minimum Gasteiger partial charge on any atom is -0.454 e. The topological polar surface area (TPSA) is 26.3 Å². The average Bonchev–Trinajstić information content (AvgIpc) is 2.53. The molecule has 2 heteroatoms. The fraction of sp³-hybridized carbons (Fsp3) is 0.643. The van der Waals surface area contributed by atoms with E-state index >= 15 is 0 Å². The first-order valence-electron chi connectivity index (χ1n) is 6.25. The molecule has 0 aromatic carbocycles. The number of carbonyl (C=O) groups excluding carboxylic acids is 1. The van der Waals surface area contributed by atoms with E-state index in [1.54, 1.807) is 0 Å². The third-order valence-electron chi connectivity index (χ3n) is 4.55. The number of hydrogen-bond acceptors (Lipinski definition) is 2. The molecule has 0 N–H and O–H groups in total. The van der Waals surface area contributed by atoms with Crippen LogP contribution < -0.4 is 0 Å². The van der Waals surface area contributed by atoms with E-state index in [1.807, 2.05) is 6.92 Å². The van der Waals surface area contributed by atoms with Crippen molar-refractivity contribution >= 4 is 5.97 Å². The van der Waals surface area contributed by atoms with E-state index in [0.717, 1.165) is 18.4 Å². The second kappa shape index (κ2) is 3.47. The van der Waals surface area contributed by atoms with Gasteiger partial charge in [-0.2, -0.15) is 0 Å². The second-order valence-corrected chi connectivity index (χ2v) is 5.40. The highest BCUT2D eigenvalue weighted by Crippen LogP contribution is 2.48. The highest BCUT2D eigenvalue weighted by atomic mass is 16.5. The molecule has 2 aliphatic carbocycles. The summed E-state index contributed by atoms with van der Waals surface area (Å²) in [5, 5.41) is 0. The number of ether oxygens (including phenoxy) is 1. The highest BCUT2D eigenvalue weighted by molar-refractivity contribution is 5.91. The van der Waals surface area contributed by atoms with E-state index < -0.39 is 0 Å². The molecule has 0 aromatic heterocycles. The zero-order chi connectivity index (χ0) is 11.3. The first kappa shape index (κ1) is 10.1. The van der Waals surface area contributed by atoms with Gasteiger partial charge in [0.15, 0.2) is 0 Å². The van der Waals surface area contributed by atoms with Gasteiger partial charge in [0.05, 0.1) is 0 Å². The lowest BCUT2D eigenvalue weighted by Crippen LogP contribution is -2.32. The maximum atomic E-state index is 11.5. The Hall–Kier alpha value is -1.05. The third kappa shape index (κ3) is 1.35. The Balaban J connectivity index is 1.90. The van der Waals surface area contributed by atoms with Gasteiger partial charge in [0.1, 0.15) is 6.10 Å². The van der Waals surface area contributed by atoms with E-state index in [2.05, 4.69) is 6.58 Å². The van der Waals surface area contributed by atoms with Crippen molar-refractivity contribution in [2.45, 2.75) is 45.1 Å². The standard InChI is InChI=1S/C14H18O2/c1-8-4-3-5-10-6-13-12(7-11(8)10)9(2)14(15)16-13/h10-11,13H,1,3-7H2,2H3. The van der Waals surface area contributed by atoms with Gasteiger partial charge in [-0.05, 0) is 56.4 Å². The van der Waals surface area contributed by atoms with Crippen molar-refractivity contribution in [1.29, 1.82) is 0 Å². The van der Waals surface area contributed by atoms with Gasteiger partial charge in [0.2, 0.25) is 0 Å². The minimum atomic E-state index is -0.0933. The van der Waals surface area contributed by atoms with Crippen LogP contribution in [-0.4, -0.2) is 12.1 Å². The SMILES string of the molecule is C=C1CCCC2CC3OC(=O)C(C)=C3CC12. The predicted molar refractivity (Wildman–Crippen MR) is 61.8 cm³/mol. The Kier molecular flexibility index (Phi) is 2.20. The highest BCUT2D eigenvalue weighted by Gasteiger charge is 2.42. The van der Waals surface area contributed by atoms with E-state index in [1.165, 1.54) is 30.4 Å². The molecule has 2 fully saturated rings. The van der Waals surface area contributed by atoms with Crippen LogP contribution in [0.2, 0.25) is 0 Å². The lowest BCUT2D eigenvalue weighted by molar-refractivity contribution is -0.140. The minimum absolute atomic E-state index is 0.0933. The number of esters is 1. The lowest BCUT2D eigenvalue weighted by atomic mass is 9.66. The van der Waals surface area contributed by atoms with Crippen LogP contribution in [0.4, 0.5) is 0 Å². The van der Waals surface area contributed by atoms with Crippen LogP contribution in [0.5, 0.6) is 0 Å². The quantitative estimate of drug-likeness (QED) is 0.461. The molecule has 0 amide bonds. The molecule has 1 aliphatic heterocycles. The third-order valence-corrected chi connectivity index (χ3v) is 4.55. The summed E-state index contributed by atoms with van der Waals surface area (Å²) in [6.07, 6.45) is 5.86. The molecule has 1 heterocycles. The molecule has 3 atom stereocenters. The molecule has 3 unspecified atom stereocenters. The van der Waals surface area contributed by atoms with Crippen molar-refractivity contribution in [3.63, 3.8) is 0 Å². The largest absolute Gasteiger partial charge is 0.454 e. The number of rotatable bonds is 0. The molecule has 0 saturated heterocycles. The van der Waals surface area contributed by atoms with Gasteiger partial charge in [-0.15, -0.1) is 0 Å². The molecule has 16 heavy (non-hydrogen) atoms. The van der Waals surface area contributed by atoms with Gasteiger partial charge in [-0.25, -0.2) is 4.79 Å². The predicted octanol–water partition coefficient (Wildman–Crippen LogP) is 2.99. The fourth-order valence-corrected chi connectivity index (χ4v) is 3.55. The van der Waals surface area contributed by atoms with Gasteiger partial charge in [-0.3, -0.25) is 0 Å². The summed E-state index contributed by atoms with van der Waals surface area (Å²) in [4.78, 5) is 11.5. The van der Waals surface area contributed by atoms with Gasteiger partial charge >= 0.3 is 5.97 Å². The van der Waals surface area contributed by atoms with Crippen LogP contribution in [0.25, 0.3) is 0 Å². The van der Waals surface area contributed by atoms with Crippen LogP contribution in [0, 0.1) is 11.8 Å². The lowest BCUT2D eigenvalue weighted by Gasteiger charge is -2.39. The Bertz CT molecular complexity index is 392. The van der Waals surface area contributed by atoms with Crippen molar-refractivity contribution < 1.29 is 9.53 Å². The van der Waals surface area contributed by atoms with Gasteiger partial charge in [0.25, 0.3) is 0 Å². The van der Waals surface area contributed by atoms with Gasteiger partial charge in [0, 0.05) is 5.57 Å². The van der Waals surface area contributed by atoms with Crippen LogP contribution in [0.15, 0.2) is 23.3 Å². The number of allylic oxidation sites excluding steroid dienone is 1. The first-order chi connectivity index (χ1) is 7.66. The average molecular weight is 218 g/mol. The maximum absolute atomic E-state index is 11.5. The number of hydrogen-bond donors (Lipinski definition) is 0. The van der Waals surface area contributed by atoms with Crippen LogP contribution in [-0.2, 0) is 9.53 Å². The Morgan fingerprint density at radius 1 is 1.44 bits per heavy atom. The molecule has 0 spiro atoms. The summed E-state index contributed by atoms with van der Waals surface area (Å²) in [6, 6.07) is 0. The first-order valence-corrected chi connectivity index (χ1v) is 6.25. The van der Waals surface area contributed by atoms with Gasteiger partial charge < -0.3 is 4.74 Å². The van der Waals surface area contributed by atoms with E-state index in [-0.39, 0.29) is 12.1 Å². The fourth-order valence-electron chi connectivity index (χ4n) is 3.55. The van der Waals surface area contributed by atoms with E-state index in [0.29, 0.717) is 11.8 Å². The normalized spacial score (nSPS) is 38.2. The van der Waals surface area contributed by atoms with Crippen molar-refractivity contribution in [2.75, 3.05) is 0 Å². The van der Waals surface area contributed by atoms with Crippen molar-refractivity contribution in [1.82, 2.24) is 0 Å². The number of carbonyl (C=O) groups is 1. The zero-order valence-electron chi connectivity index (χ0n) is 9.79. The summed E-state index contributed by atoms with van der Waals surface area (Å²) < 4.78 is 5.42. The summed E-state index contributed by atoms with van der Waals surface area (Å²) in [5.41, 5.74) is 3.52. The molecule has 2 saturated carbocycles. The second-order valence-electron chi connectivity index (χ2n) is 5.40. The molecule has 2 nitrogen and oxygen atoms in total. The molecule has 3 rings (SSSR count). The monoisotopic (exact) mass is 218 g/mol. The van der Waals surface area contributed by atoms with Gasteiger partial charge in [-0.1, -0.05) is 12.2 Å². The molecule has 0 radical (unpaired) electrons. The smallest absolute Gasteiger partial charge is 0.334 e. The Labute approximate surface area is 96.4 Å². The maximum Gasteiger partial charge on any atom is 0.334 e. The summed E-state index contributed by atoms with van der Waals surface area (Å²) in [5.74, 6) is 1.22. The van der Waals surface area contributed by atoms with Crippen LogP contribution in [0.1, 0.15) is 39.0 Å². The molecule has 0 bridgehead atoms. The molecular formula is C14H18O2. The van der Waals surface area contributed by atoms with Crippen molar-refractivity contribution in [3.8, 4) is 0 Å². The summed E-state index contributed by atoms with van der Waals surface area (Å²) in [6.45, 7) is 6.11. The van der Waals surface area contributed by atoms with E-state index in [4.69, 9.17) is 4.74 Å². The van der Waals surface area contributed by atoms with Crippen molar-refractivity contribution in [2.24, 2.45) is 11.8 Å². The number of fused-ring (bicyclic) bond motifs is 2. The molecule has 3 aliphatic rings. The van der Waals surface area contributed by atoms with Crippen molar-refractivity contribution in [3.05, 3.63) is 23.3 Å². The zero-order valence-corrected chi connectivity index (χ0v) is 9.79. The molecule has 0 aromatic rings. The summed E-state index contributed by atoms with van der Waals surface area (Å²) in [7, 11) is 0.